The number of hydrogen-bond acceptors (Lipinski definition) is 4. The molecule has 2 heterocycles. The molecular weight excluding hydrogens is 234 g/mol. The summed E-state index contributed by atoms with van der Waals surface area (Å²) < 4.78 is 11.8. The Morgan fingerprint density at radius 1 is 1.33 bits per heavy atom. The standard InChI is InChI=1S/C10H8ClNO2S/c11-6-1-2-7-8(5-6)15-9(12-7)10-13-3-4-14-10/h1-2,5,10H,3-4H2. The van der Waals surface area contributed by atoms with Gasteiger partial charge >= 0.3 is 0 Å². The van der Waals surface area contributed by atoms with Crippen LogP contribution < -0.4 is 0 Å². The molecule has 0 saturated carbocycles. The topological polar surface area (TPSA) is 31.4 Å². The van der Waals surface area contributed by atoms with Gasteiger partial charge in [0.1, 0.15) is 0 Å². The predicted octanol–water partition coefficient (Wildman–Crippen LogP) is 3.00. The second-order valence-corrected chi connectivity index (χ2v) is 4.74. The van der Waals surface area contributed by atoms with E-state index in [9.17, 15) is 0 Å². The number of aromatic nitrogens is 1. The van der Waals surface area contributed by atoms with Gasteiger partial charge < -0.3 is 9.47 Å². The van der Waals surface area contributed by atoms with Crippen LogP contribution in [0.4, 0.5) is 0 Å². The minimum absolute atomic E-state index is 0.291. The number of rotatable bonds is 1. The average Bonchev–Trinajstić information content (AvgIpc) is 2.84. The van der Waals surface area contributed by atoms with Crippen LogP contribution in [0.3, 0.4) is 0 Å². The van der Waals surface area contributed by atoms with Crippen LogP contribution in [0.25, 0.3) is 10.2 Å². The number of thiazole rings is 1. The van der Waals surface area contributed by atoms with Gasteiger partial charge in [-0.3, -0.25) is 0 Å². The van der Waals surface area contributed by atoms with Crippen molar-refractivity contribution in [1.82, 2.24) is 4.98 Å². The van der Waals surface area contributed by atoms with Crippen molar-refractivity contribution in [1.29, 1.82) is 0 Å². The molecule has 0 unspecified atom stereocenters. The second-order valence-electron chi connectivity index (χ2n) is 3.24. The summed E-state index contributed by atoms with van der Waals surface area (Å²) in [4.78, 5) is 4.45. The maximum Gasteiger partial charge on any atom is 0.211 e. The Bertz CT molecular complexity index is 493. The van der Waals surface area contributed by atoms with Gasteiger partial charge in [-0.05, 0) is 18.2 Å². The molecule has 0 spiro atoms. The van der Waals surface area contributed by atoms with E-state index in [-0.39, 0.29) is 6.29 Å². The Kier molecular flexibility index (Phi) is 2.36. The summed E-state index contributed by atoms with van der Waals surface area (Å²) in [7, 11) is 0. The van der Waals surface area contributed by atoms with Crippen LogP contribution in [0.2, 0.25) is 5.02 Å². The van der Waals surface area contributed by atoms with Gasteiger partial charge in [0.2, 0.25) is 6.29 Å². The highest BCUT2D eigenvalue weighted by Crippen LogP contribution is 2.32. The molecule has 0 amide bonds. The van der Waals surface area contributed by atoms with Crippen molar-refractivity contribution in [3.63, 3.8) is 0 Å². The lowest BCUT2D eigenvalue weighted by atomic mass is 10.3. The van der Waals surface area contributed by atoms with Crippen LogP contribution in [-0.2, 0) is 9.47 Å². The smallest absolute Gasteiger partial charge is 0.211 e. The first-order valence-electron chi connectivity index (χ1n) is 4.62. The van der Waals surface area contributed by atoms with E-state index in [2.05, 4.69) is 4.98 Å². The quantitative estimate of drug-likeness (QED) is 0.769. The fraction of sp³-hybridized carbons (Fsp3) is 0.300. The summed E-state index contributed by atoms with van der Waals surface area (Å²) in [6.07, 6.45) is -0.291. The SMILES string of the molecule is Clc1ccc2nc(C3OCCO3)sc2c1. The largest absolute Gasteiger partial charge is 0.344 e. The molecule has 3 rings (SSSR count). The van der Waals surface area contributed by atoms with Crippen molar-refractivity contribution in [2.24, 2.45) is 0 Å². The van der Waals surface area contributed by atoms with Gasteiger partial charge in [-0.25, -0.2) is 4.98 Å². The lowest BCUT2D eigenvalue weighted by molar-refractivity contribution is -0.0440. The van der Waals surface area contributed by atoms with Crippen LogP contribution in [0.15, 0.2) is 18.2 Å². The number of ether oxygens (including phenoxy) is 2. The van der Waals surface area contributed by atoms with Crippen molar-refractivity contribution in [2.45, 2.75) is 6.29 Å². The number of halogens is 1. The maximum atomic E-state index is 5.90. The van der Waals surface area contributed by atoms with Gasteiger partial charge in [-0.2, -0.15) is 0 Å². The zero-order chi connectivity index (χ0) is 10.3. The Morgan fingerprint density at radius 2 is 2.13 bits per heavy atom. The van der Waals surface area contributed by atoms with Crippen molar-refractivity contribution >= 4 is 33.2 Å². The Balaban J connectivity index is 2.05. The summed E-state index contributed by atoms with van der Waals surface area (Å²) in [5.41, 5.74) is 0.943. The molecule has 3 nitrogen and oxygen atoms in total. The monoisotopic (exact) mass is 241 g/mol. The number of nitrogens with zero attached hydrogens (tertiary/aromatic N) is 1. The van der Waals surface area contributed by atoms with Crippen molar-refractivity contribution in [3.05, 3.63) is 28.2 Å². The summed E-state index contributed by atoms with van der Waals surface area (Å²) in [5.74, 6) is 0. The molecule has 15 heavy (non-hydrogen) atoms. The first-order chi connectivity index (χ1) is 7.33. The van der Waals surface area contributed by atoms with Crippen LogP contribution in [0.5, 0.6) is 0 Å². The van der Waals surface area contributed by atoms with Gasteiger partial charge in [0.15, 0.2) is 5.01 Å². The average molecular weight is 242 g/mol. The van der Waals surface area contributed by atoms with E-state index in [4.69, 9.17) is 21.1 Å². The maximum absolute atomic E-state index is 5.90. The fourth-order valence-electron chi connectivity index (χ4n) is 1.52. The highest BCUT2D eigenvalue weighted by Gasteiger charge is 2.22. The fourth-order valence-corrected chi connectivity index (χ4v) is 2.76. The molecule has 5 heteroatoms. The Labute approximate surface area is 95.6 Å². The predicted molar refractivity (Wildman–Crippen MR) is 59.3 cm³/mol. The number of hydrogen-bond donors (Lipinski definition) is 0. The molecule has 1 fully saturated rings. The molecule has 0 bridgehead atoms. The first kappa shape index (κ1) is 9.54. The Morgan fingerprint density at radius 3 is 2.93 bits per heavy atom. The van der Waals surface area contributed by atoms with Gasteiger partial charge in [0, 0.05) is 5.02 Å². The van der Waals surface area contributed by atoms with E-state index >= 15 is 0 Å². The summed E-state index contributed by atoms with van der Waals surface area (Å²) in [6.45, 7) is 1.28. The summed E-state index contributed by atoms with van der Waals surface area (Å²) in [5, 5.41) is 1.59. The zero-order valence-electron chi connectivity index (χ0n) is 7.77. The molecule has 1 aromatic heterocycles. The van der Waals surface area contributed by atoms with Crippen molar-refractivity contribution in [2.75, 3.05) is 13.2 Å². The summed E-state index contributed by atoms with van der Waals surface area (Å²) in [6, 6.07) is 5.66. The molecule has 1 saturated heterocycles. The van der Waals surface area contributed by atoms with Crippen molar-refractivity contribution < 1.29 is 9.47 Å². The molecule has 0 N–H and O–H groups in total. The third kappa shape index (κ3) is 1.74. The molecule has 1 aromatic carbocycles. The first-order valence-corrected chi connectivity index (χ1v) is 5.81. The third-order valence-electron chi connectivity index (χ3n) is 2.19. The molecule has 0 radical (unpaired) electrons. The minimum atomic E-state index is -0.291. The molecule has 1 aliphatic rings. The second kappa shape index (κ2) is 3.72. The number of fused-ring (bicyclic) bond motifs is 1. The van der Waals surface area contributed by atoms with E-state index in [0.717, 1.165) is 20.2 Å². The zero-order valence-corrected chi connectivity index (χ0v) is 9.35. The van der Waals surface area contributed by atoms with E-state index in [0.29, 0.717) is 13.2 Å². The van der Waals surface area contributed by atoms with Gasteiger partial charge in [0.05, 0.1) is 23.4 Å². The molecule has 1 aliphatic heterocycles. The van der Waals surface area contributed by atoms with Crippen LogP contribution in [0, 0.1) is 0 Å². The van der Waals surface area contributed by atoms with Gasteiger partial charge in [-0.1, -0.05) is 11.6 Å². The number of benzene rings is 1. The third-order valence-corrected chi connectivity index (χ3v) is 3.47. The Hall–Kier alpha value is -0.680. The van der Waals surface area contributed by atoms with Crippen molar-refractivity contribution in [3.8, 4) is 0 Å². The van der Waals surface area contributed by atoms with Crippen LogP contribution >= 0.6 is 22.9 Å². The van der Waals surface area contributed by atoms with E-state index < -0.39 is 0 Å². The van der Waals surface area contributed by atoms with Crippen LogP contribution in [-0.4, -0.2) is 18.2 Å². The lowest BCUT2D eigenvalue weighted by Gasteiger charge is -2.02. The van der Waals surface area contributed by atoms with E-state index in [1.54, 1.807) is 11.3 Å². The highest BCUT2D eigenvalue weighted by molar-refractivity contribution is 7.18. The molecular formula is C10H8ClNO2S. The molecule has 0 atom stereocenters. The van der Waals surface area contributed by atoms with Crippen LogP contribution in [0.1, 0.15) is 11.3 Å². The molecule has 2 aromatic rings. The minimum Gasteiger partial charge on any atom is -0.344 e. The molecule has 78 valence electrons. The lowest BCUT2D eigenvalue weighted by Crippen LogP contribution is -1.95. The summed E-state index contributed by atoms with van der Waals surface area (Å²) >= 11 is 7.47. The normalized spacial score (nSPS) is 17.7. The van der Waals surface area contributed by atoms with E-state index in [1.165, 1.54) is 0 Å². The highest BCUT2D eigenvalue weighted by atomic mass is 35.5. The van der Waals surface area contributed by atoms with Gasteiger partial charge in [-0.15, -0.1) is 11.3 Å². The van der Waals surface area contributed by atoms with Gasteiger partial charge in [0.25, 0.3) is 0 Å². The molecule has 0 aliphatic carbocycles. The van der Waals surface area contributed by atoms with E-state index in [1.807, 2.05) is 18.2 Å².